The van der Waals surface area contributed by atoms with Gasteiger partial charge >= 0.3 is 0 Å². The van der Waals surface area contributed by atoms with Gasteiger partial charge in [-0.3, -0.25) is 0 Å². The monoisotopic (exact) mass is 206 g/mol. The number of phenols is 1. The van der Waals surface area contributed by atoms with Crippen LogP contribution in [0.4, 0.5) is 0 Å². The molecule has 0 aliphatic carbocycles. The number of thiophene rings is 1. The lowest BCUT2D eigenvalue weighted by atomic mass is 10.1. The molecule has 2 rings (SSSR count). The second kappa shape index (κ2) is 3.72. The molecule has 0 spiro atoms. The van der Waals surface area contributed by atoms with Crippen LogP contribution < -0.4 is 4.74 Å². The Bertz CT molecular complexity index is 421. The predicted octanol–water partition coefficient (Wildman–Crippen LogP) is 3.13. The van der Waals surface area contributed by atoms with Crippen molar-refractivity contribution in [2.24, 2.45) is 0 Å². The zero-order valence-corrected chi connectivity index (χ0v) is 8.54. The molecule has 0 saturated carbocycles. The molecule has 1 heterocycles. The molecule has 2 nitrogen and oxygen atoms in total. The number of phenolic OH excluding ortho intramolecular Hbond substituents is 1. The Balaban J connectivity index is 2.46. The number of ether oxygens (including phenoxy) is 1. The molecular formula is C11H10O2S. The summed E-state index contributed by atoms with van der Waals surface area (Å²) >= 11 is 1.65. The molecule has 2 aromatic rings. The van der Waals surface area contributed by atoms with Crippen LogP contribution in [0.2, 0.25) is 0 Å². The Morgan fingerprint density at radius 1 is 1.21 bits per heavy atom. The molecule has 14 heavy (non-hydrogen) atoms. The van der Waals surface area contributed by atoms with E-state index in [1.807, 2.05) is 23.6 Å². The molecule has 0 bridgehead atoms. The summed E-state index contributed by atoms with van der Waals surface area (Å²) in [6.45, 7) is 0. The first-order valence-corrected chi connectivity index (χ1v) is 5.15. The normalized spacial score (nSPS) is 10.1. The van der Waals surface area contributed by atoms with E-state index in [2.05, 4.69) is 5.38 Å². The maximum absolute atomic E-state index is 9.41. The summed E-state index contributed by atoms with van der Waals surface area (Å²) in [5, 5.41) is 13.5. The van der Waals surface area contributed by atoms with E-state index in [0.717, 1.165) is 11.1 Å². The number of aromatic hydroxyl groups is 1. The van der Waals surface area contributed by atoms with Gasteiger partial charge in [-0.15, -0.1) is 0 Å². The second-order valence-corrected chi connectivity index (χ2v) is 3.68. The maximum Gasteiger partial charge on any atom is 0.161 e. The Kier molecular flexibility index (Phi) is 2.41. The molecule has 1 aromatic carbocycles. The Morgan fingerprint density at radius 3 is 2.71 bits per heavy atom. The largest absolute Gasteiger partial charge is 0.504 e. The first-order valence-electron chi connectivity index (χ1n) is 4.21. The Morgan fingerprint density at radius 2 is 2.07 bits per heavy atom. The third kappa shape index (κ3) is 1.59. The number of hydrogen-bond acceptors (Lipinski definition) is 3. The zero-order valence-electron chi connectivity index (χ0n) is 7.73. The third-order valence-corrected chi connectivity index (χ3v) is 2.72. The van der Waals surface area contributed by atoms with Crippen molar-refractivity contribution < 1.29 is 9.84 Å². The topological polar surface area (TPSA) is 29.5 Å². The van der Waals surface area contributed by atoms with Crippen LogP contribution in [0.1, 0.15) is 0 Å². The molecule has 3 heteroatoms. The molecule has 0 amide bonds. The molecule has 0 radical (unpaired) electrons. The summed E-state index contributed by atoms with van der Waals surface area (Å²) in [4.78, 5) is 0. The molecule has 0 aliphatic rings. The van der Waals surface area contributed by atoms with Crippen molar-refractivity contribution in [1.82, 2.24) is 0 Å². The average Bonchev–Trinajstić information content (AvgIpc) is 2.71. The van der Waals surface area contributed by atoms with Crippen LogP contribution in [0.5, 0.6) is 11.5 Å². The molecule has 0 fully saturated rings. The predicted molar refractivity (Wildman–Crippen MR) is 58.0 cm³/mol. The lowest BCUT2D eigenvalue weighted by Gasteiger charge is -2.04. The van der Waals surface area contributed by atoms with Crippen LogP contribution in [0.25, 0.3) is 11.1 Å². The quantitative estimate of drug-likeness (QED) is 0.818. The van der Waals surface area contributed by atoms with Crippen molar-refractivity contribution in [1.29, 1.82) is 0 Å². The highest BCUT2D eigenvalue weighted by atomic mass is 32.1. The van der Waals surface area contributed by atoms with Gasteiger partial charge in [0.1, 0.15) is 0 Å². The lowest BCUT2D eigenvalue weighted by molar-refractivity contribution is 0.373. The van der Waals surface area contributed by atoms with Crippen LogP contribution >= 0.6 is 11.3 Å². The highest BCUT2D eigenvalue weighted by molar-refractivity contribution is 7.08. The molecule has 1 aromatic heterocycles. The van der Waals surface area contributed by atoms with Gasteiger partial charge < -0.3 is 9.84 Å². The van der Waals surface area contributed by atoms with E-state index >= 15 is 0 Å². The van der Waals surface area contributed by atoms with E-state index in [1.54, 1.807) is 24.5 Å². The van der Waals surface area contributed by atoms with E-state index in [4.69, 9.17) is 4.74 Å². The Labute approximate surface area is 86.4 Å². The lowest BCUT2D eigenvalue weighted by Crippen LogP contribution is -1.84. The molecule has 1 N–H and O–H groups in total. The van der Waals surface area contributed by atoms with Gasteiger partial charge in [-0.05, 0) is 40.1 Å². The molecule has 0 aliphatic heterocycles. The minimum atomic E-state index is 0.173. The molecule has 72 valence electrons. The molecular weight excluding hydrogens is 196 g/mol. The van der Waals surface area contributed by atoms with Gasteiger partial charge in [0.15, 0.2) is 11.5 Å². The summed E-state index contributed by atoms with van der Waals surface area (Å²) in [6, 6.07) is 7.39. The van der Waals surface area contributed by atoms with Crippen LogP contribution in [-0.2, 0) is 0 Å². The fourth-order valence-electron chi connectivity index (χ4n) is 1.29. The van der Waals surface area contributed by atoms with Gasteiger partial charge in [0.2, 0.25) is 0 Å². The highest BCUT2D eigenvalue weighted by Gasteiger charge is 2.04. The van der Waals surface area contributed by atoms with Crippen molar-refractivity contribution in [2.45, 2.75) is 0 Å². The number of methoxy groups -OCH3 is 1. The first-order chi connectivity index (χ1) is 6.81. The molecule has 0 atom stereocenters. The van der Waals surface area contributed by atoms with Gasteiger partial charge in [0.25, 0.3) is 0 Å². The fourth-order valence-corrected chi connectivity index (χ4v) is 1.95. The summed E-state index contributed by atoms with van der Waals surface area (Å²) in [6.07, 6.45) is 0. The zero-order chi connectivity index (χ0) is 9.97. The highest BCUT2D eigenvalue weighted by Crippen LogP contribution is 2.31. The number of hydrogen-bond donors (Lipinski definition) is 1. The minimum absolute atomic E-state index is 0.173. The van der Waals surface area contributed by atoms with Gasteiger partial charge in [-0.25, -0.2) is 0 Å². The van der Waals surface area contributed by atoms with E-state index < -0.39 is 0 Å². The van der Waals surface area contributed by atoms with Crippen molar-refractivity contribution >= 4 is 11.3 Å². The smallest absolute Gasteiger partial charge is 0.161 e. The SMILES string of the molecule is COc1cc(-c2ccsc2)ccc1O. The fraction of sp³-hybridized carbons (Fsp3) is 0.0909. The van der Waals surface area contributed by atoms with Crippen molar-refractivity contribution in [3.8, 4) is 22.6 Å². The molecule has 0 unspecified atom stereocenters. The van der Waals surface area contributed by atoms with E-state index in [1.165, 1.54) is 0 Å². The van der Waals surface area contributed by atoms with Crippen molar-refractivity contribution in [3.63, 3.8) is 0 Å². The first kappa shape index (κ1) is 9.09. The number of rotatable bonds is 2. The summed E-state index contributed by atoms with van der Waals surface area (Å²) in [5.41, 5.74) is 2.20. The van der Waals surface area contributed by atoms with E-state index in [0.29, 0.717) is 5.75 Å². The maximum atomic E-state index is 9.41. The van der Waals surface area contributed by atoms with Crippen LogP contribution in [0, 0.1) is 0 Å². The van der Waals surface area contributed by atoms with Crippen molar-refractivity contribution in [3.05, 3.63) is 35.0 Å². The van der Waals surface area contributed by atoms with Crippen LogP contribution in [-0.4, -0.2) is 12.2 Å². The van der Waals surface area contributed by atoms with Gasteiger partial charge in [-0.1, -0.05) is 6.07 Å². The van der Waals surface area contributed by atoms with Gasteiger partial charge in [0.05, 0.1) is 7.11 Å². The van der Waals surface area contributed by atoms with E-state index in [9.17, 15) is 5.11 Å². The summed E-state index contributed by atoms with van der Waals surface area (Å²) < 4.78 is 5.04. The van der Waals surface area contributed by atoms with Crippen molar-refractivity contribution in [2.75, 3.05) is 7.11 Å². The molecule has 0 saturated heterocycles. The summed E-state index contributed by atoms with van der Waals surface area (Å²) in [7, 11) is 1.55. The van der Waals surface area contributed by atoms with Crippen LogP contribution in [0.15, 0.2) is 35.0 Å². The third-order valence-electron chi connectivity index (χ3n) is 2.03. The average molecular weight is 206 g/mol. The number of benzene rings is 1. The second-order valence-electron chi connectivity index (χ2n) is 2.90. The van der Waals surface area contributed by atoms with Crippen LogP contribution in [0.3, 0.4) is 0 Å². The van der Waals surface area contributed by atoms with Gasteiger partial charge in [-0.2, -0.15) is 11.3 Å². The van der Waals surface area contributed by atoms with Gasteiger partial charge in [0, 0.05) is 0 Å². The Hall–Kier alpha value is -1.48. The minimum Gasteiger partial charge on any atom is -0.504 e. The standard InChI is InChI=1S/C11H10O2S/c1-13-11-6-8(2-3-10(11)12)9-4-5-14-7-9/h2-7,12H,1H3. The van der Waals surface area contributed by atoms with E-state index in [-0.39, 0.29) is 5.75 Å². The summed E-state index contributed by atoms with van der Waals surface area (Å²) in [5.74, 6) is 0.681.